The molecule has 0 saturated heterocycles. The molecule has 0 fully saturated rings. The highest BCUT2D eigenvalue weighted by Crippen LogP contribution is 2.22. The quantitative estimate of drug-likeness (QED) is 0.711. The number of amides is 1. The lowest BCUT2D eigenvalue weighted by molar-refractivity contribution is -0.123. The van der Waals surface area contributed by atoms with Gasteiger partial charge in [0.2, 0.25) is 10.0 Å². The fraction of sp³-hybridized carbons (Fsp3) is 0.588. The number of ether oxygens (including phenoxy) is 1. The lowest BCUT2D eigenvalue weighted by Crippen LogP contribution is -2.36. The molecule has 1 rings (SSSR count). The van der Waals surface area contributed by atoms with E-state index < -0.39 is 10.0 Å². The molecule has 1 aromatic carbocycles. The van der Waals surface area contributed by atoms with Crippen molar-refractivity contribution < 1.29 is 17.9 Å². The maximum absolute atomic E-state index is 12.1. The van der Waals surface area contributed by atoms with E-state index in [4.69, 9.17) is 4.74 Å². The van der Waals surface area contributed by atoms with Gasteiger partial charge in [0.1, 0.15) is 5.75 Å². The minimum Gasteiger partial charge on any atom is -0.484 e. The molecule has 136 valence electrons. The van der Waals surface area contributed by atoms with E-state index in [0.29, 0.717) is 11.3 Å². The highest BCUT2D eigenvalue weighted by molar-refractivity contribution is 7.89. The lowest BCUT2D eigenvalue weighted by atomic mass is 10.2. The third-order valence-corrected chi connectivity index (χ3v) is 4.99. The summed E-state index contributed by atoms with van der Waals surface area (Å²) in [7, 11) is -3.54. The van der Waals surface area contributed by atoms with Crippen LogP contribution in [-0.4, -0.2) is 33.0 Å². The first-order valence-corrected chi connectivity index (χ1v) is 9.69. The highest BCUT2D eigenvalue weighted by atomic mass is 32.2. The average molecular weight is 356 g/mol. The maximum Gasteiger partial charge on any atom is 0.258 e. The van der Waals surface area contributed by atoms with Gasteiger partial charge in [-0.1, -0.05) is 13.3 Å². The van der Waals surface area contributed by atoms with Crippen LogP contribution in [0.5, 0.6) is 5.75 Å². The second kappa shape index (κ2) is 9.03. The predicted octanol–water partition coefficient (Wildman–Crippen LogP) is 2.37. The van der Waals surface area contributed by atoms with Gasteiger partial charge in [-0.2, -0.15) is 0 Å². The standard InChI is InChI=1S/C17H28N2O4S/c1-6-7-14(5)18-17(20)11-23-16-9-8-15(10-13(16)4)24(21,22)19-12(2)3/h8-10,12,14,19H,6-7,11H2,1-5H3,(H,18,20)/t14-/m0/s1. The van der Waals surface area contributed by atoms with Crippen molar-refractivity contribution in [1.82, 2.24) is 10.0 Å². The monoisotopic (exact) mass is 356 g/mol. The Hall–Kier alpha value is -1.60. The summed E-state index contributed by atoms with van der Waals surface area (Å²) >= 11 is 0. The van der Waals surface area contributed by atoms with Gasteiger partial charge in [0.05, 0.1) is 4.90 Å². The van der Waals surface area contributed by atoms with Gasteiger partial charge in [-0.3, -0.25) is 4.79 Å². The molecule has 0 saturated carbocycles. The first-order chi connectivity index (χ1) is 11.2. The molecule has 0 unspecified atom stereocenters. The number of carbonyl (C=O) groups is 1. The number of nitrogens with one attached hydrogen (secondary N) is 2. The van der Waals surface area contributed by atoms with Crippen molar-refractivity contribution in [2.75, 3.05) is 6.61 Å². The van der Waals surface area contributed by atoms with E-state index in [1.807, 2.05) is 6.92 Å². The lowest BCUT2D eigenvalue weighted by Gasteiger charge is -2.15. The summed E-state index contributed by atoms with van der Waals surface area (Å²) in [4.78, 5) is 12.0. The molecular formula is C17H28N2O4S. The van der Waals surface area contributed by atoms with Gasteiger partial charge in [-0.25, -0.2) is 13.1 Å². The molecular weight excluding hydrogens is 328 g/mol. The van der Waals surface area contributed by atoms with Gasteiger partial charge in [0, 0.05) is 12.1 Å². The number of carbonyl (C=O) groups excluding carboxylic acids is 1. The summed E-state index contributed by atoms with van der Waals surface area (Å²) in [6.07, 6.45) is 1.92. The molecule has 1 amide bonds. The second-order valence-corrected chi connectivity index (χ2v) is 7.96. The first kappa shape index (κ1) is 20.4. The van der Waals surface area contributed by atoms with Crippen LogP contribution in [0.15, 0.2) is 23.1 Å². The topological polar surface area (TPSA) is 84.5 Å². The number of benzene rings is 1. The van der Waals surface area contributed by atoms with E-state index in [0.717, 1.165) is 12.8 Å². The Labute approximate surface area is 145 Å². The second-order valence-electron chi connectivity index (χ2n) is 6.25. The molecule has 0 aliphatic heterocycles. The van der Waals surface area contributed by atoms with Gasteiger partial charge >= 0.3 is 0 Å². The number of sulfonamides is 1. The number of hydrogen-bond acceptors (Lipinski definition) is 4. The molecule has 0 aliphatic carbocycles. The molecule has 1 aromatic rings. The molecule has 0 aliphatic rings. The van der Waals surface area contributed by atoms with Crippen molar-refractivity contribution in [3.05, 3.63) is 23.8 Å². The van der Waals surface area contributed by atoms with Gasteiger partial charge in [0.25, 0.3) is 5.91 Å². The van der Waals surface area contributed by atoms with E-state index >= 15 is 0 Å². The molecule has 24 heavy (non-hydrogen) atoms. The molecule has 0 heterocycles. The molecule has 6 nitrogen and oxygen atoms in total. The number of hydrogen-bond donors (Lipinski definition) is 2. The third-order valence-electron chi connectivity index (χ3n) is 3.34. The van der Waals surface area contributed by atoms with Crippen LogP contribution < -0.4 is 14.8 Å². The van der Waals surface area contributed by atoms with Crippen LogP contribution in [-0.2, 0) is 14.8 Å². The first-order valence-electron chi connectivity index (χ1n) is 8.20. The molecule has 0 radical (unpaired) electrons. The van der Waals surface area contributed by atoms with E-state index in [1.54, 1.807) is 26.8 Å². The molecule has 0 bridgehead atoms. The van der Waals surface area contributed by atoms with Crippen LogP contribution in [0.1, 0.15) is 46.1 Å². The van der Waals surface area contributed by atoms with Crippen LogP contribution in [0.25, 0.3) is 0 Å². The number of rotatable bonds is 9. The molecule has 0 spiro atoms. The Morgan fingerprint density at radius 1 is 1.25 bits per heavy atom. The zero-order valence-electron chi connectivity index (χ0n) is 15.0. The Bertz CT molecular complexity index is 657. The zero-order chi connectivity index (χ0) is 18.3. The van der Waals surface area contributed by atoms with Gasteiger partial charge in [-0.05, 0) is 57.9 Å². The Kier molecular flexibility index (Phi) is 7.69. The van der Waals surface area contributed by atoms with Crippen molar-refractivity contribution in [3.63, 3.8) is 0 Å². The van der Waals surface area contributed by atoms with E-state index in [-0.39, 0.29) is 29.5 Å². The minimum absolute atomic E-state index is 0.0920. The van der Waals surface area contributed by atoms with E-state index in [1.165, 1.54) is 12.1 Å². The molecule has 2 N–H and O–H groups in total. The zero-order valence-corrected chi connectivity index (χ0v) is 15.9. The Morgan fingerprint density at radius 2 is 1.92 bits per heavy atom. The summed E-state index contributed by atoms with van der Waals surface area (Å²) in [6.45, 7) is 9.20. The van der Waals surface area contributed by atoms with Crippen molar-refractivity contribution >= 4 is 15.9 Å². The smallest absolute Gasteiger partial charge is 0.258 e. The SMILES string of the molecule is CCC[C@H](C)NC(=O)COc1ccc(S(=O)(=O)NC(C)C)cc1C. The maximum atomic E-state index is 12.1. The average Bonchev–Trinajstić information content (AvgIpc) is 2.44. The van der Waals surface area contributed by atoms with Crippen LogP contribution >= 0.6 is 0 Å². The number of aryl methyl sites for hydroxylation is 1. The van der Waals surface area contributed by atoms with Crippen molar-refractivity contribution in [3.8, 4) is 5.75 Å². The van der Waals surface area contributed by atoms with Gasteiger partial charge in [-0.15, -0.1) is 0 Å². The Balaban J connectivity index is 2.71. The third kappa shape index (κ3) is 6.49. The van der Waals surface area contributed by atoms with Crippen LogP contribution in [0.2, 0.25) is 0 Å². The fourth-order valence-electron chi connectivity index (χ4n) is 2.29. The van der Waals surface area contributed by atoms with Crippen LogP contribution in [0, 0.1) is 6.92 Å². The van der Waals surface area contributed by atoms with Gasteiger partial charge in [0.15, 0.2) is 6.61 Å². The Morgan fingerprint density at radius 3 is 2.46 bits per heavy atom. The van der Waals surface area contributed by atoms with Gasteiger partial charge < -0.3 is 10.1 Å². The van der Waals surface area contributed by atoms with Crippen molar-refractivity contribution in [2.45, 2.75) is 64.4 Å². The van der Waals surface area contributed by atoms with Crippen LogP contribution in [0.4, 0.5) is 0 Å². The normalized spacial score (nSPS) is 12.9. The van der Waals surface area contributed by atoms with Crippen LogP contribution in [0.3, 0.4) is 0 Å². The summed E-state index contributed by atoms with van der Waals surface area (Å²) in [6, 6.07) is 4.52. The molecule has 1 atom stereocenters. The minimum atomic E-state index is -3.54. The largest absolute Gasteiger partial charge is 0.484 e. The summed E-state index contributed by atoms with van der Waals surface area (Å²) in [5.41, 5.74) is 0.663. The predicted molar refractivity (Wildman–Crippen MR) is 94.6 cm³/mol. The summed E-state index contributed by atoms with van der Waals surface area (Å²) < 4.78 is 32.3. The highest BCUT2D eigenvalue weighted by Gasteiger charge is 2.17. The van der Waals surface area contributed by atoms with Crippen molar-refractivity contribution in [2.24, 2.45) is 0 Å². The van der Waals surface area contributed by atoms with Crippen molar-refractivity contribution in [1.29, 1.82) is 0 Å². The molecule has 7 heteroatoms. The fourth-order valence-corrected chi connectivity index (χ4v) is 3.63. The van der Waals surface area contributed by atoms with E-state index in [9.17, 15) is 13.2 Å². The molecule has 0 aromatic heterocycles. The summed E-state index contributed by atoms with van der Waals surface area (Å²) in [5.74, 6) is 0.310. The summed E-state index contributed by atoms with van der Waals surface area (Å²) in [5, 5.41) is 2.86. The van der Waals surface area contributed by atoms with E-state index in [2.05, 4.69) is 17.0 Å².